The van der Waals surface area contributed by atoms with Gasteiger partial charge in [-0.2, -0.15) is 0 Å². The van der Waals surface area contributed by atoms with Crippen LogP contribution in [0.2, 0.25) is 5.02 Å². The lowest BCUT2D eigenvalue weighted by Crippen LogP contribution is -2.59. The third kappa shape index (κ3) is 2.40. The number of halogens is 2. The van der Waals surface area contributed by atoms with Crippen LogP contribution in [-0.2, 0) is 0 Å². The first-order valence-electron chi connectivity index (χ1n) is 6.64. The van der Waals surface area contributed by atoms with Crippen molar-refractivity contribution in [3.05, 3.63) is 27.7 Å². The molecule has 0 radical (unpaired) electrons. The molecule has 1 aromatic rings. The molecular weight excluding hydrogens is 312 g/mol. The van der Waals surface area contributed by atoms with Crippen LogP contribution < -0.4 is 10.2 Å². The van der Waals surface area contributed by atoms with Crippen molar-refractivity contribution >= 4 is 33.2 Å². The van der Waals surface area contributed by atoms with E-state index >= 15 is 0 Å². The molecule has 18 heavy (non-hydrogen) atoms. The first kappa shape index (κ1) is 12.8. The van der Waals surface area contributed by atoms with E-state index in [1.807, 2.05) is 6.07 Å². The quantitative estimate of drug-likeness (QED) is 0.842. The number of hydrogen-bond acceptors (Lipinski definition) is 2. The summed E-state index contributed by atoms with van der Waals surface area (Å²) in [4.78, 5) is 2.49. The van der Waals surface area contributed by atoms with Gasteiger partial charge in [-0.15, -0.1) is 0 Å². The van der Waals surface area contributed by atoms with E-state index in [1.54, 1.807) is 0 Å². The standard InChI is InChI=1S/C14H18BrClN2/c15-12-9-11(3-4-13(12)16)18-8-7-17-14(10-18)5-1-2-6-14/h3-4,9,17H,1-2,5-8,10H2. The van der Waals surface area contributed by atoms with Crippen LogP contribution in [0.1, 0.15) is 25.7 Å². The average Bonchev–Trinajstić information content (AvgIpc) is 2.81. The molecule has 3 rings (SSSR count). The molecule has 4 heteroatoms. The minimum atomic E-state index is 0.365. The first-order chi connectivity index (χ1) is 8.69. The molecule has 1 aromatic carbocycles. The average molecular weight is 330 g/mol. The molecule has 98 valence electrons. The molecule has 1 aliphatic carbocycles. The molecule has 1 spiro atoms. The van der Waals surface area contributed by atoms with Crippen LogP contribution in [0.4, 0.5) is 5.69 Å². The van der Waals surface area contributed by atoms with Crippen LogP contribution in [0.15, 0.2) is 22.7 Å². The predicted molar refractivity (Wildman–Crippen MR) is 80.6 cm³/mol. The second-order valence-electron chi connectivity index (χ2n) is 5.43. The summed E-state index contributed by atoms with van der Waals surface area (Å²) in [6.45, 7) is 3.29. The highest BCUT2D eigenvalue weighted by Gasteiger charge is 2.37. The third-order valence-corrected chi connectivity index (χ3v) is 5.42. The van der Waals surface area contributed by atoms with E-state index in [0.717, 1.165) is 29.1 Å². The summed E-state index contributed by atoms with van der Waals surface area (Å²) < 4.78 is 0.987. The maximum Gasteiger partial charge on any atom is 0.0549 e. The largest absolute Gasteiger partial charge is 0.368 e. The fourth-order valence-electron chi connectivity index (χ4n) is 3.25. The molecule has 0 atom stereocenters. The van der Waals surface area contributed by atoms with Crippen LogP contribution in [0, 0.1) is 0 Å². The second kappa shape index (κ2) is 5.03. The zero-order valence-electron chi connectivity index (χ0n) is 10.4. The van der Waals surface area contributed by atoms with Crippen LogP contribution in [0.5, 0.6) is 0 Å². The molecule has 1 N–H and O–H groups in total. The van der Waals surface area contributed by atoms with E-state index in [4.69, 9.17) is 11.6 Å². The van der Waals surface area contributed by atoms with Crippen molar-refractivity contribution in [1.29, 1.82) is 0 Å². The first-order valence-corrected chi connectivity index (χ1v) is 7.81. The van der Waals surface area contributed by atoms with Crippen molar-refractivity contribution in [2.24, 2.45) is 0 Å². The van der Waals surface area contributed by atoms with E-state index < -0.39 is 0 Å². The monoisotopic (exact) mass is 328 g/mol. The van der Waals surface area contributed by atoms with Crippen molar-refractivity contribution in [1.82, 2.24) is 5.32 Å². The van der Waals surface area contributed by atoms with Crippen molar-refractivity contribution in [3.8, 4) is 0 Å². The molecule has 2 nitrogen and oxygen atoms in total. The number of nitrogens with one attached hydrogen (secondary N) is 1. The highest BCUT2D eigenvalue weighted by molar-refractivity contribution is 9.10. The van der Waals surface area contributed by atoms with Crippen LogP contribution >= 0.6 is 27.5 Å². The van der Waals surface area contributed by atoms with E-state index in [1.165, 1.54) is 31.4 Å². The van der Waals surface area contributed by atoms with Gasteiger partial charge in [-0.05, 0) is 47.0 Å². The van der Waals surface area contributed by atoms with E-state index in [9.17, 15) is 0 Å². The fourth-order valence-corrected chi connectivity index (χ4v) is 3.73. The number of nitrogens with zero attached hydrogens (tertiary/aromatic N) is 1. The fraction of sp³-hybridized carbons (Fsp3) is 0.571. The van der Waals surface area contributed by atoms with Gasteiger partial charge < -0.3 is 10.2 Å². The maximum absolute atomic E-state index is 6.06. The van der Waals surface area contributed by atoms with Crippen LogP contribution in [0.3, 0.4) is 0 Å². The zero-order valence-corrected chi connectivity index (χ0v) is 12.7. The molecule has 0 bridgehead atoms. The summed E-state index contributed by atoms with van der Waals surface area (Å²) in [7, 11) is 0. The maximum atomic E-state index is 6.06. The Morgan fingerprint density at radius 1 is 1.28 bits per heavy atom. The van der Waals surface area contributed by atoms with Gasteiger partial charge in [0.25, 0.3) is 0 Å². The lowest BCUT2D eigenvalue weighted by molar-refractivity contribution is 0.304. The highest BCUT2D eigenvalue weighted by Crippen LogP contribution is 2.35. The SMILES string of the molecule is Clc1ccc(N2CCNC3(CCCC3)C2)cc1Br. The molecule has 0 amide bonds. The van der Waals surface area contributed by atoms with Crippen molar-refractivity contribution < 1.29 is 0 Å². The predicted octanol–water partition coefficient (Wildman–Crippen LogP) is 3.82. The van der Waals surface area contributed by atoms with Crippen LogP contribution in [0.25, 0.3) is 0 Å². The van der Waals surface area contributed by atoms with Crippen molar-refractivity contribution in [3.63, 3.8) is 0 Å². The minimum Gasteiger partial charge on any atom is -0.368 e. The van der Waals surface area contributed by atoms with Gasteiger partial charge >= 0.3 is 0 Å². The zero-order chi connectivity index (χ0) is 12.6. The Balaban J connectivity index is 1.81. The highest BCUT2D eigenvalue weighted by atomic mass is 79.9. The summed E-state index contributed by atoms with van der Waals surface area (Å²) >= 11 is 9.58. The smallest absolute Gasteiger partial charge is 0.0549 e. The Bertz CT molecular complexity index is 443. The number of rotatable bonds is 1. The summed E-state index contributed by atoms with van der Waals surface area (Å²) in [5, 5.41) is 4.52. The molecular formula is C14H18BrClN2. The van der Waals surface area contributed by atoms with E-state index in [0.29, 0.717) is 5.54 Å². The molecule has 2 aliphatic rings. The Morgan fingerprint density at radius 3 is 2.78 bits per heavy atom. The van der Waals surface area contributed by atoms with Crippen molar-refractivity contribution in [2.45, 2.75) is 31.2 Å². The molecule has 1 heterocycles. The second-order valence-corrected chi connectivity index (χ2v) is 6.70. The van der Waals surface area contributed by atoms with Gasteiger partial charge in [-0.3, -0.25) is 0 Å². The number of piperazine rings is 1. The van der Waals surface area contributed by atoms with Crippen molar-refractivity contribution in [2.75, 3.05) is 24.5 Å². The molecule has 1 saturated carbocycles. The summed E-state index contributed by atoms with van der Waals surface area (Å²) in [5.74, 6) is 0. The lowest BCUT2D eigenvalue weighted by atomic mass is 9.94. The van der Waals surface area contributed by atoms with E-state index in [-0.39, 0.29) is 0 Å². The van der Waals surface area contributed by atoms with Gasteiger partial charge in [0.05, 0.1) is 5.02 Å². The number of benzene rings is 1. The van der Waals surface area contributed by atoms with E-state index in [2.05, 4.69) is 38.3 Å². The van der Waals surface area contributed by atoms with Crippen LogP contribution in [-0.4, -0.2) is 25.2 Å². The minimum absolute atomic E-state index is 0.365. The molecule has 0 unspecified atom stereocenters. The van der Waals surface area contributed by atoms with Gasteiger partial charge in [-0.25, -0.2) is 0 Å². The van der Waals surface area contributed by atoms with Gasteiger partial charge in [-0.1, -0.05) is 24.4 Å². The normalized spacial score (nSPS) is 22.7. The summed E-state index contributed by atoms with van der Waals surface area (Å²) in [6, 6.07) is 6.24. The Kier molecular flexibility index (Phi) is 3.57. The summed E-state index contributed by atoms with van der Waals surface area (Å²) in [5.41, 5.74) is 1.64. The van der Waals surface area contributed by atoms with Gasteiger partial charge in [0.2, 0.25) is 0 Å². The summed E-state index contributed by atoms with van der Waals surface area (Å²) in [6.07, 6.45) is 5.37. The van der Waals surface area contributed by atoms with Gasteiger partial charge in [0.15, 0.2) is 0 Å². The topological polar surface area (TPSA) is 15.3 Å². The number of anilines is 1. The molecule has 0 aromatic heterocycles. The molecule has 2 fully saturated rings. The van der Waals surface area contributed by atoms with Gasteiger partial charge in [0, 0.05) is 35.3 Å². The Labute approximate surface area is 122 Å². The Hall–Kier alpha value is -0.250. The molecule has 1 saturated heterocycles. The lowest BCUT2D eigenvalue weighted by Gasteiger charge is -2.42. The number of hydrogen-bond donors (Lipinski definition) is 1. The molecule has 1 aliphatic heterocycles. The van der Waals surface area contributed by atoms with Gasteiger partial charge in [0.1, 0.15) is 0 Å². The third-order valence-electron chi connectivity index (χ3n) is 4.20. The Morgan fingerprint density at radius 2 is 2.06 bits per heavy atom.